The second-order valence-corrected chi connectivity index (χ2v) is 6.41. The van der Waals surface area contributed by atoms with Crippen LogP contribution >= 0.6 is 0 Å². The van der Waals surface area contributed by atoms with Crippen molar-refractivity contribution in [1.29, 1.82) is 0 Å². The van der Waals surface area contributed by atoms with Gasteiger partial charge in [-0.2, -0.15) is 0 Å². The first-order valence-electron chi connectivity index (χ1n) is 8.40. The molecule has 6 nitrogen and oxygen atoms in total. The van der Waals surface area contributed by atoms with Crippen LogP contribution in [0.4, 0.5) is 10.1 Å². The fourth-order valence-corrected chi connectivity index (χ4v) is 2.96. The molecule has 0 radical (unpaired) electrons. The Kier molecular flexibility index (Phi) is 6.12. The van der Waals surface area contributed by atoms with E-state index in [1.807, 2.05) is 6.92 Å². The lowest BCUT2D eigenvalue weighted by Gasteiger charge is -2.18. The number of amides is 2. The molecule has 7 heteroatoms. The lowest BCUT2D eigenvalue weighted by atomic mass is 10.0. The van der Waals surface area contributed by atoms with Gasteiger partial charge in [0.1, 0.15) is 5.82 Å². The molecule has 0 bridgehead atoms. The highest BCUT2D eigenvalue weighted by atomic mass is 19.1. The van der Waals surface area contributed by atoms with E-state index in [2.05, 4.69) is 5.32 Å². The number of nitrogens with one attached hydrogen (secondary N) is 1. The van der Waals surface area contributed by atoms with Gasteiger partial charge >= 0.3 is 5.97 Å². The first-order chi connectivity index (χ1) is 11.8. The number of carboxylic acid groups (broad SMARTS) is 1. The lowest BCUT2D eigenvalue weighted by Crippen LogP contribution is -2.37. The molecular formula is C18H23FN2O4. The topological polar surface area (TPSA) is 86.7 Å². The van der Waals surface area contributed by atoms with E-state index in [0.29, 0.717) is 24.1 Å². The molecule has 2 rings (SSSR count). The smallest absolute Gasteiger partial charge is 0.308 e. The molecule has 2 amide bonds. The maximum Gasteiger partial charge on any atom is 0.308 e. The van der Waals surface area contributed by atoms with Crippen LogP contribution in [0.2, 0.25) is 0 Å². The number of carbonyl (C=O) groups excluding carboxylic acids is 2. The van der Waals surface area contributed by atoms with Gasteiger partial charge in [-0.25, -0.2) is 4.39 Å². The van der Waals surface area contributed by atoms with Gasteiger partial charge in [0.25, 0.3) is 0 Å². The van der Waals surface area contributed by atoms with Crippen molar-refractivity contribution in [1.82, 2.24) is 5.32 Å². The normalized spacial score (nSPS) is 18.3. The van der Waals surface area contributed by atoms with Gasteiger partial charge in [-0.15, -0.1) is 0 Å². The minimum Gasteiger partial charge on any atom is -0.481 e. The molecule has 0 saturated carbocycles. The van der Waals surface area contributed by atoms with E-state index in [9.17, 15) is 18.8 Å². The highest BCUT2D eigenvalue weighted by molar-refractivity contribution is 6.00. The van der Waals surface area contributed by atoms with Crippen LogP contribution in [0.1, 0.15) is 31.7 Å². The SMILES string of the molecule is CCCC(CNC(=O)C1CC(=O)N(c2ccc(F)c(C)c2)C1)C(=O)O. The van der Waals surface area contributed by atoms with Gasteiger partial charge in [-0.05, 0) is 37.1 Å². The van der Waals surface area contributed by atoms with Crippen molar-refractivity contribution in [3.05, 3.63) is 29.6 Å². The second kappa shape index (κ2) is 8.09. The zero-order valence-corrected chi connectivity index (χ0v) is 14.4. The summed E-state index contributed by atoms with van der Waals surface area (Å²) in [5.41, 5.74) is 0.996. The van der Waals surface area contributed by atoms with E-state index in [-0.39, 0.29) is 37.1 Å². The number of hydrogen-bond acceptors (Lipinski definition) is 3. The average Bonchev–Trinajstić information content (AvgIpc) is 2.95. The van der Waals surface area contributed by atoms with Gasteiger partial charge in [0.05, 0.1) is 11.8 Å². The van der Waals surface area contributed by atoms with Crippen LogP contribution in [0.3, 0.4) is 0 Å². The number of anilines is 1. The molecule has 2 N–H and O–H groups in total. The second-order valence-electron chi connectivity index (χ2n) is 6.41. The van der Waals surface area contributed by atoms with Crippen molar-refractivity contribution in [2.75, 3.05) is 18.0 Å². The van der Waals surface area contributed by atoms with Crippen molar-refractivity contribution in [2.24, 2.45) is 11.8 Å². The molecule has 0 aliphatic carbocycles. The first kappa shape index (κ1) is 18.9. The predicted octanol–water partition coefficient (Wildman–Crippen LogP) is 2.10. The van der Waals surface area contributed by atoms with Gasteiger partial charge in [0, 0.05) is 25.2 Å². The van der Waals surface area contributed by atoms with E-state index in [4.69, 9.17) is 5.11 Å². The molecular weight excluding hydrogens is 327 g/mol. The predicted molar refractivity (Wildman–Crippen MR) is 90.6 cm³/mol. The van der Waals surface area contributed by atoms with E-state index in [0.717, 1.165) is 0 Å². The third kappa shape index (κ3) is 4.55. The van der Waals surface area contributed by atoms with Crippen molar-refractivity contribution >= 4 is 23.5 Å². The van der Waals surface area contributed by atoms with Crippen LogP contribution in [-0.2, 0) is 14.4 Å². The summed E-state index contributed by atoms with van der Waals surface area (Å²) in [6.45, 7) is 3.77. The van der Waals surface area contributed by atoms with Gasteiger partial charge in [-0.3, -0.25) is 14.4 Å². The molecule has 1 saturated heterocycles. The fourth-order valence-electron chi connectivity index (χ4n) is 2.96. The maximum atomic E-state index is 13.4. The molecule has 1 aliphatic heterocycles. The number of aliphatic carboxylic acids is 1. The minimum absolute atomic E-state index is 0.0579. The Balaban J connectivity index is 1.98. The number of rotatable bonds is 7. The molecule has 0 spiro atoms. The molecule has 2 unspecified atom stereocenters. The summed E-state index contributed by atoms with van der Waals surface area (Å²) in [4.78, 5) is 37.1. The van der Waals surface area contributed by atoms with E-state index < -0.39 is 17.8 Å². The zero-order valence-electron chi connectivity index (χ0n) is 14.4. The Morgan fingerprint density at radius 2 is 2.16 bits per heavy atom. The van der Waals surface area contributed by atoms with E-state index >= 15 is 0 Å². The molecule has 1 aromatic carbocycles. The molecule has 0 aromatic heterocycles. The van der Waals surface area contributed by atoms with Crippen LogP contribution < -0.4 is 10.2 Å². The number of nitrogens with zero attached hydrogens (tertiary/aromatic N) is 1. The summed E-state index contributed by atoms with van der Waals surface area (Å²) in [6, 6.07) is 4.39. The zero-order chi connectivity index (χ0) is 18.6. The van der Waals surface area contributed by atoms with E-state index in [1.54, 1.807) is 13.0 Å². The van der Waals surface area contributed by atoms with Crippen molar-refractivity contribution < 1.29 is 23.9 Å². The van der Waals surface area contributed by atoms with Gasteiger partial charge in [-0.1, -0.05) is 13.3 Å². The van der Waals surface area contributed by atoms with Gasteiger partial charge in [0.15, 0.2) is 0 Å². The first-order valence-corrected chi connectivity index (χ1v) is 8.40. The minimum atomic E-state index is -0.937. The van der Waals surface area contributed by atoms with Gasteiger partial charge < -0.3 is 15.3 Å². The molecule has 1 aliphatic rings. The molecule has 136 valence electrons. The van der Waals surface area contributed by atoms with Crippen LogP contribution in [0.15, 0.2) is 18.2 Å². The number of carbonyl (C=O) groups is 3. The number of benzene rings is 1. The highest BCUT2D eigenvalue weighted by Gasteiger charge is 2.35. The molecule has 25 heavy (non-hydrogen) atoms. The van der Waals surface area contributed by atoms with Crippen LogP contribution in [-0.4, -0.2) is 36.0 Å². The Morgan fingerprint density at radius 3 is 2.76 bits per heavy atom. The summed E-state index contributed by atoms with van der Waals surface area (Å²) in [6.07, 6.45) is 1.26. The monoisotopic (exact) mass is 350 g/mol. The van der Waals surface area contributed by atoms with Crippen LogP contribution in [0, 0.1) is 24.6 Å². The Hall–Kier alpha value is -2.44. The maximum absolute atomic E-state index is 13.4. The summed E-state index contributed by atoms with van der Waals surface area (Å²) in [7, 11) is 0. The number of hydrogen-bond donors (Lipinski definition) is 2. The summed E-state index contributed by atoms with van der Waals surface area (Å²) in [5, 5.41) is 11.8. The van der Waals surface area contributed by atoms with E-state index in [1.165, 1.54) is 17.0 Å². The summed E-state index contributed by atoms with van der Waals surface area (Å²) < 4.78 is 13.4. The quantitative estimate of drug-likeness (QED) is 0.788. The Morgan fingerprint density at radius 1 is 1.44 bits per heavy atom. The number of halogens is 1. The highest BCUT2D eigenvalue weighted by Crippen LogP contribution is 2.26. The Labute approximate surface area is 146 Å². The lowest BCUT2D eigenvalue weighted by molar-refractivity contribution is -0.142. The van der Waals surface area contributed by atoms with Crippen LogP contribution in [0.5, 0.6) is 0 Å². The molecule has 2 atom stereocenters. The summed E-state index contributed by atoms with van der Waals surface area (Å²) >= 11 is 0. The summed E-state index contributed by atoms with van der Waals surface area (Å²) in [5.74, 6) is -2.96. The van der Waals surface area contributed by atoms with Gasteiger partial charge in [0.2, 0.25) is 11.8 Å². The average molecular weight is 350 g/mol. The largest absolute Gasteiger partial charge is 0.481 e. The molecule has 1 heterocycles. The third-order valence-corrected chi connectivity index (χ3v) is 4.46. The van der Waals surface area contributed by atoms with Crippen LogP contribution in [0.25, 0.3) is 0 Å². The van der Waals surface area contributed by atoms with Crippen molar-refractivity contribution in [2.45, 2.75) is 33.1 Å². The fraction of sp³-hybridized carbons (Fsp3) is 0.500. The standard InChI is InChI=1S/C18H23FN2O4/c1-3-4-12(18(24)25)9-20-17(23)13-8-16(22)21(10-13)14-5-6-15(19)11(2)7-14/h5-7,12-13H,3-4,8-10H2,1-2H3,(H,20,23)(H,24,25). The van der Waals surface area contributed by atoms with Crippen molar-refractivity contribution in [3.8, 4) is 0 Å². The molecule has 1 aromatic rings. The van der Waals surface area contributed by atoms with Crippen molar-refractivity contribution in [3.63, 3.8) is 0 Å². The molecule has 1 fully saturated rings. The number of aryl methyl sites for hydroxylation is 1. The number of carboxylic acids is 1. The third-order valence-electron chi connectivity index (χ3n) is 4.46. The Bertz CT molecular complexity index is 677.